The van der Waals surface area contributed by atoms with Crippen molar-refractivity contribution in [2.24, 2.45) is 5.10 Å². The lowest BCUT2D eigenvalue weighted by molar-refractivity contribution is 0.0954. The van der Waals surface area contributed by atoms with Crippen LogP contribution in [0.5, 0.6) is 23.0 Å². The van der Waals surface area contributed by atoms with Crippen LogP contribution in [0.3, 0.4) is 0 Å². The first-order valence-electron chi connectivity index (χ1n) is 10.8. The minimum atomic E-state index is -0.367. The Morgan fingerprint density at radius 1 is 0.912 bits per heavy atom. The molecule has 0 bridgehead atoms. The Morgan fingerprint density at radius 2 is 1.65 bits per heavy atom. The summed E-state index contributed by atoms with van der Waals surface area (Å²) in [5, 5.41) is 4.71. The number of hydrogen-bond donors (Lipinski definition) is 1. The van der Waals surface area contributed by atoms with Crippen molar-refractivity contribution in [2.45, 2.75) is 20.5 Å². The fraction of sp³-hybridized carbons (Fsp3) is 0.231. The normalized spacial score (nSPS) is 10.7. The second kappa shape index (κ2) is 12.5. The molecule has 3 rings (SSSR count). The Labute approximate surface area is 204 Å². The van der Waals surface area contributed by atoms with Gasteiger partial charge in [0.25, 0.3) is 5.91 Å². The maximum atomic E-state index is 12.5. The molecule has 0 aliphatic heterocycles. The summed E-state index contributed by atoms with van der Waals surface area (Å²) in [4.78, 5) is 12.5. The Bertz CT molecular complexity index is 1150. The third-order valence-electron chi connectivity index (χ3n) is 4.66. The highest BCUT2D eigenvalue weighted by Crippen LogP contribution is 2.29. The maximum Gasteiger partial charge on any atom is 0.271 e. The van der Waals surface area contributed by atoms with Gasteiger partial charge in [0.1, 0.15) is 6.61 Å². The maximum absolute atomic E-state index is 12.5. The molecule has 0 unspecified atom stereocenters. The number of nitrogens with one attached hydrogen (secondary N) is 1. The Morgan fingerprint density at radius 3 is 2.38 bits per heavy atom. The minimum absolute atomic E-state index is 0.353. The fourth-order valence-electron chi connectivity index (χ4n) is 3.09. The van der Waals surface area contributed by atoms with E-state index in [2.05, 4.69) is 10.5 Å². The number of benzene rings is 3. The summed E-state index contributed by atoms with van der Waals surface area (Å²) in [7, 11) is 1.56. The molecular formula is C26H27ClN2O5. The molecule has 0 aliphatic carbocycles. The van der Waals surface area contributed by atoms with E-state index in [9.17, 15) is 4.79 Å². The van der Waals surface area contributed by atoms with Crippen molar-refractivity contribution in [1.82, 2.24) is 5.43 Å². The molecule has 3 aromatic rings. The zero-order valence-corrected chi connectivity index (χ0v) is 20.1. The largest absolute Gasteiger partial charge is 0.493 e. The lowest BCUT2D eigenvalue weighted by Crippen LogP contribution is -2.17. The van der Waals surface area contributed by atoms with E-state index in [0.29, 0.717) is 53.4 Å². The van der Waals surface area contributed by atoms with Crippen LogP contribution in [0.1, 0.15) is 35.3 Å². The zero-order valence-electron chi connectivity index (χ0n) is 19.3. The van der Waals surface area contributed by atoms with Crippen LogP contribution in [0, 0.1) is 0 Å². The Kier molecular flexibility index (Phi) is 9.17. The number of halogens is 1. The number of amides is 1. The van der Waals surface area contributed by atoms with Gasteiger partial charge in [0.2, 0.25) is 0 Å². The van der Waals surface area contributed by atoms with Gasteiger partial charge in [-0.3, -0.25) is 4.79 Å². The number of rotatable bonds is 11. The van der Waals surface area contributed by atoms with Gasteiger partial charge < -0.3 is 18.9 Å². The first-order valence-corrected chi connectivity index (χ1v) is 11.2. The van der Waals surface area contributed by atoms with Gasteiger partial charge in [0.05, 0.1) is 26.5 Å². The summed E-state index contributed by atoms with van der Waals surface area (Å²) in [5.74, 6) is 1.87. The van der Waals surface area contributed by atoms with E-state index in [0.717, 1.165) is 11.1 Å². The number of ether oxygens (including phenoxy) is 4. The molecule has 7 nitrogen and oxygen atoms in total. The molecule has 1 N–H and O–H groups in total. The third-order valence-corrected chi connectivity index (χ3v) is 4.89. The second-order valence-corrected chi connectivity index (χ2v) is 7.49. The topological polar surface area (TPSA) is 78.4 Å². The lowest BCUT2D eigenvalue weighted by Gasteiger charge is -2.12. The average molecular weight is 483 g/mol. The van der Waals surface area contributed by atoms with Crippen LogP contribution >= 0.6 is 11.6 Å². The molecule has 34 heavy (non-hydrogen) atoms. The molecule has 0 aromatic heterocycles. The number of carbonyl (C=O) groups is 1. The van der Waals surface area contributed by atoms with Gasteiger partial charge in [-0.05, 0) is 73.5 Å². The molecule has 3 aromatic carbocycles. The van der Waals surface area contributed by atoms with E-state index >= 15 is 0 Å². The molecule has 0 spiro atoms. The van der Waals surface area contributed by atoms with Gasteiger partial charge in [-0.25, -0.2) is 5.43 Å². The SMILES string of the molecule is CCOc1ccc(C(=O)N/N=C/c2ccc(OCc3cccc(Cl)c3)c(OC)c2)cc1OCC. The molecule has 0 radical (unpaired) electrons. The highest BCUT2D eigenvalue weighted by Gasteiger charge is 2.11. The van der Waals surface area contributed by atoms with Crippen LogP contribution in [0.15, 0.2) is 65.8 Å². The van der Waals surface area contributed by atoms with Crippen molar-refractivity contribution < 1.29 is 23.7 Å². The third kappa shape index (κ3) is 6.89. The predicted octanol–water partition coefficient (Wildman–Crippen LogP) is 5.49. The van der Waals surface area contributed by atoms with Crippen molar-refractivity contribution in [3.63, 3.8) is 0 Å². The molecule has 0 atom stereocenters. The first kappa shape index (κ1) is 24.9. The molecule has 0 aliphatic rings. The Hall–Kier alpha value is -3.71. The van der Waals surface area contributed by atoms with Crippen LogP contribution in [0.25, 0.3) is 0 Å². The van der Waals surface area contributed by atoms with Gasteiger partial charge >= 0.3 is 0 Å². The summed E-state index contributed by atoms with van der Waals surface area (Å²) in [5.41, 5.74) is 4.61. The number of methoxy groups -OCH3 is 1. The molecule has 8 heteroatoms. The van der Waals surface area contributed by atoms with Gasteiger partial charge in [-0.15, -0.1) is 0 Å². The average Bonchev–Trinajstić information content (AvgIpc) is 2.84. The lowest BCUT2D eigenvalue weighted by atomic mass is 10.2. The van der Waals surface area contributed by atoms with Crippen molar-refractivity contribution in [1.29, 1.82) is 0 Å². The summed E-state index contributed by atoms with van der Waals surface area (Å²) in [6, 6.07) is 17.8. The van der Waals surface area contributed by atoms with Crippen molar-refractivity contribution in [3.8, 4) is 23.0 Å². The van der Waals surface area contributed by atoms with Crippen molar-refractivity contribution in [2.75, 3.05) is 20.3 Å². The molecule has 178 valence electrons. The van der Waals surface area contributed by atoms with E-state index in [4.69, 9.17) is 30.5 Å². The van der Waals surface area contributed by atoms with Crippen LogP contribution in [-0.2, 0) is 6.61 Å². The number of hydrogen-bond acceptors (Lipinski definition) is 6. The smallest absolute Gasteiger partial charge is 0.271 e. The predicted molar refractivity (Wildman–Crippen MR) is 133 cm³/mol. The number of carbonyl (C=O) groups excluding carboxylic acids is 1. The van der Waals surface area contributed by atoms with Gasteiger partial charge in [-0.1, -0.05) is 23.7 Å². The monoisotopic (exact) mass is 482 g/mol. The highest BCUT2D eigenvalue weighted by atomic mass is 35.5. The molecular weight excluding hydrogens is 456 g/mol. The summed E-state index contributed by atoms with van der Waals surface area (Å²) >= 11 is 6.02. The highest BCUT2D eigenvalue weighted by molar-refractivity contribution is 6.30. The van der Waals surface area contributed by atoms with Crippen LogP contribution in [-0.4, -0.2) is 32.4 Å². The van der Waals surface area contributed by atoms with E-state index < -0.39 is 0 Å². The standard InChI is InChI=1S/C26H27ClN2O5/c1-4-32-23-12-10-20(15-25(23)33-5-2)26(30)29-28-16-18-9-11-22(24(14-18)31-3)34-17-19-7-6-8-21(27)13-19/h6-16H,4-5,17H2,1-3H3,(H,29,30)/b28-16+. The molecule has 0 saturated heterocycles. The van der Waals surface area contributed by atoms with E-state index in [1.54, 1.807) is 37.4 Å². The zero-order chi connectivity index (χ0) is 24.3. The summed E-state index contributed by atoms with van der Waals surface area (Å²) in [6.45, 7) is 5.08. The number of nitrogens with zero attached hydrogens (tertiary/aromatic N) is 1. The van der Waals surface area contributed by atoms with Gasteiger partial charge in [-0.2, -0.15) is 5.10 Å². The van der Waals surface area contributed by atoms with E-state index in [-0.39, 0.29) is 5.91 Å². The van der Waals surface area contributed by atoms with Crippen molar-refractivity contribution in [3.05, 3.63) is 82.4 Å². The molecule has 0 saturated carbocycles. The first-order chi connectivity index (χ1) is 16.5. The fourth-order valence-corrected chi connectivity index (χ4v) is 3.31. The van der Waals surface area contributed by atoms with Gasteiger partial charge in [0, 0.05) is 10.6 Å². The summed E-state index contributed by atoms with van der Waals surface area (Å²) < 4.78 is 22.4. The summed E-state index contributed by atoms with van der Waals surface area (Å²) in [6.07, 6.45) is 1.53. The molecule has 0 fully saturated rings. The molecule has 0 heterocycles. The van der Waals surface area contributed by atoms with Crippen molar-refractivity contribution >= 4 is 23.7 Å². The van der Waals surface area contributed by atoms with Crippen LogP contribution < -0.4 is 24.4 Å². The van der Waals surface area contributed by atoms with E-state index in [1.807, 2.05) is 44.2 Å². The molecule has 1 amide bonds. The Balaban J connectivity index is 1.63. The van der Waals surface area contributed by atoms with Crippen LogP contribution in [0.2, 0.25) is 5.02 Å². The second-order valence-electron chi connectivity index (χ2n) is 7.06. The number of hydrazone groups is 1. The van der Waals surface area contributed by atoms with Gasteiger partial charge in [0.15, 0.2) is 23.0 Å². The van der Waals surface area contributed by atoms with Crippen LogP contribution in [0.4, 0.5) is 0 Å². The van der Waals surface area contributed by atoms with E-state index in [1.165, 1.54) is 6.21 Å². The quantitative estimate of drug-likeness (QED) is 0.289. The minimum Gasteiger partial charge on any atom is -0.493 e.